The molecule has 1 aliphatic rings. The van der Waals surface area contributed by atoms with Gasteiger partial charge in [0.25, 0.3) is 0 Å². The van der Waals surface area contributed by atoms with Gasteiger partial charge in [0, 0.05) is 12.6 Å². The summed E-state index contributed by atoms with van der Waals surface area (Å²) in [5.74, 6) is -0.992. The van der Waals surface area contributed by atoms with Gasteiger partial charge in [-0.1, -0.05) is 20.8 Å². The first kappa shape index (κ1) is 16.0. The highest BCUT2D eigenvalue weighted by atomic mass is 16.5. The Morgan fingerprint density at radius 1 is 1.42 bits per heavy atom. The zero-order valence-electron chi connectivity index (χ0n) is 12.1. The van der Waals surface area contributed by atoms with E-state index in [0.29, 0.717) is 12.8 Å². The van der Waals surface area contributed by atoms with Crippen LogP contribution in [0, 0.1) is 5.41 Å². The molecule has 2 unspecified atom stereocenters. The fraction of sp³-hybridized carbons (Fsp3) is 0.857. The van der Waals surface area contributed by atoms with E-state index in [0.717, 1.165) is 19.4 Å². The van der Waals surface area contributed by atoms with Crippen molar-refractivity contribution in [2.24, 2.45) is 5.41 Å². The van der Waals surface area contributed by atoms with Gasteiger partial charge in [-0.2, -0.15) is 0 Å². The Morgan fingerprint density at radius 3 is 2.58 bits per heavy atom. The molecule has 0 bridgehead atoms. The minimum absolute atomic E-state index is 0.000106. The van der Waals surface area contributed by atoms with Crippen LogP contribution in [-0.4, -0.2) is 35.7 Å². The van der Waals surface area contributed by atoms with Gasteiger partial charge >= 0.3 is 5.97 Å². The van der Waals surface area contributed by atoms with E-state index in [2.05, 4.69) is 5.32 Å². The van der Waals surface area contributed by atoms with E-state index in [4.69, 9.17) is 9.84 Å². The largest absolute Gasteiger partial charge is 0.481 e. The number of ether oxygens (including phenoxy) is 1. The first-order chi connectivity index (χ1) is 8.76. The maximum Gasteiger partial charge on any atom is 0.305 e. The third kappa shape index (κ3) is 7.15. The third-order valence-corrected chi connectivity index (χ3v) is 3.08. The van der Waals surface area contributed by atoms with Crippen molar-refractivity contribution in [3.8, 4) is 0 Å². The second-order valence-corrected chi connectivity index (χ2v) is 6.47. The number of carboxylic acids is 1. The lowest BCUT2D eigenvalue weighted by Crippen LogP contribution is -2.40. The molecule has 1 amide bonds. The fourth-order valence-electron chi connectivity index (χ4n) is 2.42. The van der Waals surface area contributed by atoms with Gasteiger partial charge in [0.2, 0.25) is 5.91 Å². The number of amides is 1. The third-order valence-electron chi connectivity index (χ3n) is 3.08. The van der Waals surface area contributed by atoms with Crippen molar-refractivity contribution in [1.82, 2.24) is 5.32 Å². The summed E-state index contributed by atoms with van der Waals surface area (Å²) >= 11 is 0. The Hall–Kier alpha value is -1.10. The molecule has 1 rings (SSSR count). The van der Waals surface area contributed by atoms with Gasteiger partial charge in [-0.3, -0.25) is 9.59 Å². The van der Waals surface area contributed by atoms with E-state index in [-0.39, 0.29) is 29.9 Å². The van der Waals surface area contributed by atoms with Crippen LogP contribution in [0.4, 0.5) is 0 Å². The van der Waals surface area contributed by atoms with E-state index in [1.165, 1.54) is 0 Å². The predicted octanol–water partition coefficient (Wildman–Crippen LogP) is 1.95. The highest BCUT2D eigenvalue weighted by molar-refractivity contribution is 5.77. The molecule has 0 aromatic carbocycles. The Kier molecular flexibility index (Phi) is 5.79. The highest BCUT2D eigenvalue weighted by Gasteiger charge is 2.25. The Labute approximate surface area is 114 Å². The predicted molar refractivity (Wildman–Crippen MR) is 71.8 cm³/mol. The molecule has 1 saturated heterocycles. The average molecular weight is 271 g/mol. The monoisotopic (exact) mass is 271 g/mol. The molecular weight excluding hydrogens is 246 g/mol. The van der Waals surface area contributed by atoms with Crippen LogP contribution < -0.4 is 5.32 Å². The zero-order valence-corrected chi connectivity index (χ0v) is 12.1. The summed E-state index contributed by atoms with van der Waals surface area (Å²) in [4.78, 5) is 22.7. The van der Waals surface area contributed by atoms with Gasteiger partial charge in [-0.15, -0.1) is 0 Å². The van der Waals surface area contributed by atoms with Gasteiger partial charge in [-0.25, -0.2) is 0 Å². The Balaban J connectivity index is 2.45. The molecule has 0 aliphatic carbocycles. The van der Waals surface area contributed by atoms with Crippen molar-refractivity contribution in [2.75, 3.05) is 6.61 Å². The molecule has 2 N–H and O–H groups in total. The Morgan fingerprint density at radius 2 is 2.11 bits per heavy atom. The van der Waals surface area contributed by atoms with Crippen molar-refractivity contribution >= 4 is 11.9 Å². The second kappa shape index (κ2) is 6.89. The summed E-state index contributed by atoms with van der Waals surface area (Å²) < 4.78 is 5.41. The van der Waals surface area contributed by atoms with E-state index in [9.17, 15) is 9.59 Å². The van der Waals surface area contributed by atoms with Crippen LogP contribution >= 0.6 is 0 Å². The SMILES string of the molecule is CC(C)(C)CC(CC(=O)O)NC(=O)CC1CCCO1. The quantitative estimate of drug-likeness (QED) is 0.774. The fourth-order valence-corrected chi connectivity index (χ4v) is 2.42. The van der Waals surface area contributed by atoms with Crippen molar-refractivity contribution in [3.05, 3.63) is 0 Å². The van der Waals surface area contributed by atoms with Crippen LogP contribution in [0.5, 0.6) is 0 Å². The molecule has 1 fully saturated rings. The molecule has 0 aromatic rings. The number of hydrogen-bond acceptors (Lipinski definition) is 3. The maximum absolute atomic E-state index is 11.9. The maximum atomic E-state index is 11.9. The molecule has 0 aromatic heterocycles. The number of carbonyl (C=O) groups is 2. The molecular formula is C14H25NO4. The number of hydrogen-bond donors (Lipinski definition) is 2. The van der Waals surface area contributed by atoms with E-state index >= 15 is 0 Å². The number of nitrogens with one attached hydrogen (secondary N) is 1. The number of aliphatic carboxylic acids is 1. The number of rotatable bonds is 6. The van der Waals surface area contributed by atoms with Gasteiger partial charge in [0.05, 0.1) is 18.9 Å². The molecule has 1 aliphatic heterocycles. The molecule has 5 nitrogen and oxygen atoms in total. The number of carbonyl (C=O) groups excluding carboxylic acids is 1. The molecule has 0 spiro atoms. The number of carboxylic acid groups (broad SMARTS) is 1. The summed E-state index contributed by atoms with van der Waals surface area (Å²) in [6.07, 6.45) is 2.86. The smallest absolute Gasteiger partial charge is 0.305 e. The van der Waals surface area contributed by atoms with Gasteiger partial charge in [-0.05, 0) is 24.7 Å². The van der Waals surface area contributed by atoms with Crippen LogP contribution in [0.2, 0.25) is 0 Å². The molecule has 2 atom stereocenters. The second-order valence-electron chi connectivity index (χ2n) is 6.47. The standard InChI is InChI=1S/C14H25NO4/c1-14(2,3)9-10(7-13(17)18)15-12(16)8-11-5-4-6-19-11/h10-11H,4-9H2,1-3H3,(H,15,16)(H,17,18). The molecule has 19 heavy (non-hydrogen) atoms. The molecule has 110 valence electrons. The van der Waals surface area contributed by atoms with E-state index in [1.54, 1.807) is 0 Å². The van der Waals surface area contributed by atoms with E-state index in [1.807, 2.05) is 20.8 Å². The van der Waals surface area contributed by atoms with Gasteiger partial charge in [0.15, 0.2) is 0 Å². The summed E-state index contributed by atoms with van der Waals surface area (Å²) in [6, 6.07) is -0.314. The minimum atomic E-state index is -0.883. The van der Waals surface area contributed by atoms with Gasteiger partial charge in [0.1, 0.15) is 0 Å². The van der Waals surface area contributed by atoms with Crippen molar-refractivity contribution in [1.29, 1.82) is 0 Å². The zero-order chi connectivity index (χ0) is 14.5. The first-order valence-corrected chi connectivity index (χ1v) is 6.89. The van der Waals surface area contributed by atoms with Gasteiger partial charge < -0.3 is 15.2 Å². The van der Waals surface area contributed by atoms with Crippen LogP contribution in [0.25, 0.3) is 0 Å². The molecule has 0 saturated carbocycles. The molecule has 0 radical (unpaired) electrons. The van der Waals surface area contributed by atoms with Crippen molar-refractivity contribution in [2.45, 2.75) is 65.0 Å². The summed E-state index contributed by atoms with van der Waals surface area (Å²) in [5, 5.41) is 11.7. The lowest BCUT2D eigenvalue weighted by molar-refractivity contribution is -0.138. The Bertz CT molecular complexity index is 316. The average Bonchev–Trinajstić information content (AvgIpc) is 2.65. The minimum Gasteiger partial charge on any atom is -0.481 e. The lowest BCUT2D eigenvalue weighted by atomic mass is 9.87. The summed E-state index contributed by atoms with van der Waals surface area (Å²) in [6.45, 7) is 6.83. The van der Waals surface area contributed by atoms with Crippen LogP contribution in [0.3, 0.4) is 0 Å². The molecule has 1 heterocycles. The van der Waals surface area contributed by atoms with Crippen LogP contribution in [0.15, 0.2) is 0 Å². The highest BCUT2D eigenvalue weighted by Crippen LogP contribution is 2.22. The molecule has 5 heteroatoms. The first-order valence-electron chi connectivity index (χ1n) is 6.89. The lowest BCUT2D eigenvalue weighted by Gasteiger charge is -2.26. The van der Waals surface area contributed by atoms with Crippen molar-refractivity contribution < 1.29 is 19.4 Å². The summed E-state index contributed by atoms with van der Waals surface area (Å²) in [7, 11) is 0. The van der Waals surface area contributed by atoms with E-state index < -0.39 is 5.97 Å². The van der Waals surface area contributed by atoms with Crippen molar-refractivity contribution in [3.63, 3.8) is 0 Å². The summed E-state index contributed by atoms with van der Waals surface area (Å²) in [5.41, 5.74) is -0.0166. The normalized spacial score (nSPS) is 21.1. The topological polar surface area (TPSA) is 75.6 Å². The van der Waals surface area contributed by atoms with Crippen LogP contribution in [-0.2, 0) is 14.3 Å². The van der Waals surface area contributed by atoms with Crippen LogP contribution in [0.1, 0.15) is 52.9 Å².